The van der Waals surface area contributed by atoms with E-state index in [2.05, 4.69) is 60.0 Å². The molecule has 3 rings (SSSR count). The molecule has 2 unspecified atom stereocenters. The van der Waals surface area contributed by atoms with Crippen LogP contribution in [-0.2, 0) is 0 Å². The van der Waals surface area contributed by atoms with Gasteiger partial charge >= 0.3 is 0 Å². The van der Waals surface area contributed by atoms with E-state index in [0.29, 0.717) is 12.0 Å². The standard InChI is InChI=1S/C15H22N4/c1-11-6-4-5-7-13(11)19-14(16)17-9-15(19)8-12(2)18(3)10-15/h4-7,12H,8-10H2,1-3H3,(H2,16,17). The number of anilines is 1. The number of benzene rings is 1. The second-order valence-corrected chi connectivity index (χ2v) is 5.99. The average molecular weight is 258 g/mol. The summed E-state index contributed by atoms with van der Waals surface area (Å²) in [6, 6.07) is 9.00. The number of nitrogens with two attached hydrogens (primary N) is 1. The first kappa shape index (κ1) is 12.5. The van der Waals surface area contributed by atoms with Gasteiger partial charge in [0.25, 0.3) is 0 Å². The van der Waals surface area contributed by atoms with E-state index >= 15 is 0 Å². The summed E-state index contributed by atoms with van der Waals surface area (Å²) in [7, 11) is 2.18. The fourth-order valence-corrected chi connectivity index (χ4v) is 3.47. The molecule has 19 heavy (non-hydrogen) atoms. The van der Waals surface area contributed by atoms with Gasteiger partial charge in [0.15, 0.2) is 5.96 Å². The molecule has 2 aliphatic rings. The highest BCUT2D eigenvalue weighted by Crippen LogP contribution is 2.39. The molecule has 0 amide bonds. The average Bonchev–Trinajstić information content (AvgIpc) is 2.82. The van der Waals surface area contributed by atoms with Gasteiger partial charge < -0.3 is 15.5 Å². The van der Waals surface area contributed by atoms with Crippen molar-refractivity contribution in [1.82, 2.24) is 4.90 Å². The molecule has 0 bridgehead atoms. The molecule has 1 aromatic rings. The van der Waals surface area contributed by atoms with Crippen LogP contribution in [0.25, 0.3) is 0 Å². The molecule has 102 valence electrons. The van der Waals surface area contributed by atoms with Crippen molar-refractivity contribution in [2.24, 2.45) is 10.7 Å². The Bertz CT molecular complexity index is 513. The Morgan fingerprint density at radius 1 is 1.37 bits per heavy atom. The number of likely N-dealkylation sites (N-methyl/N-ethyl adjacent to an activating group) is 1. The van der Waals surface area contributed by atoms with Crippen molar-refractivity contribution in [3.63, 3.8) is 0 Å². The Kier molecular flexibility index (Phi) is 2.78. The highest BCUT2D eigenvalue weighted by atomic mass is 15.4. The van der Waals surface area contributed by atoms with E-state index in [1.807, 2.05) is 0 Å². The molecule has 4 nitrogen and oxygen atoms in total. The van der Waals surface area contributed by atoms with E-state index in [-0.39, 0.29) is 5.54 Å². The van der Waals surface area contributed by atoms with Crippen LogP contribution in [0.3, 0.4) is 0 Å². The molecule has 0 saturated carbocycles. The van der Waals surface area contributed by atoms with Crippen molar-refractivity contribution >= 4 is 11.6 Å². The molecular weight excluding hydrogens is 236 g/mol. The quantitative estimate of drug-likeness (QED) is 0.832. The maximum Gasteiger partial charge on any atom is 0.196 e. The van der Waals surface area contributed by atoms with E-state index in [9.17, 15) is 0 Å². The van der Waals surface area contributed by atoms with E-state index in [4.69, 9.17) is 5.73 Å². The lowest BCUT2D eigenvalue weighted by atomic mass is 9.94. The smallest absolute Gasteiger partial charge is 0.196 e. The second kappa shape index (κ2) is 4.23. The van der Waals surface area contributed by atoms with Crippen LogP contribution in [0.2, 0.25) is 0 Å². The minimum Gasteiger partial charge on any atom is -0.369 e. The van der Waals surface area contributed by atoms with Crippen molar-refractivity contribution in [2.75, 3.05) is 25.0 Å². The summed E-state index contributed by atoms with van der Waals surface area (Å²) in [5.74, 6) is 0.664. The first-order valence-electron chi connectivity index (χ1n) is 6.89. The summed E-state index contributed by atoms with van der Waals surface area (Å²) in [6.07, 6.45) is 1.11. The van der Waals surface area contributed by atoms with E-state index in [1.54, 1.807) is 0 Å². The number of aryl methyl sites for hydroxylation is 1. The van der Waals surface area contributed by atoms with Crippen molar-refractivity contribution in [3.05, 3.63) is 29.8 Å². The normalized spacial score (nSPS) is 31.2. The number of hydrogen-bond donors (Lipinski definition) is 1. The molecule has 2 aliphatic heterocycles. The summed E-state index contributed by atoms with van der Waals surface area (Å²) >= 11 is 0. The molecule has 4 heteroatoms. The Hall–Kier alpha value is -1.55. The number of para-hydroxylation sites is 1. The molecule has 1 fully saturated rings. The molecule has 0 aliphatic carbocycles. The van der Waals surface area contributed by atoms with Gasteiger partial charge in [-0.05, 0) is 38.9 Å². The predicted molar refractivity (Wildman–Crippen MR) is 79.6 cm³/mol. The van der Waals surface area contributed by atoms with Gasteiger partial charge in [0.05, 0.1) is 12.1 Å². The number of rotatable bonds is 1. The van der Waals surface area contributed by atoms with Crippen LogP contribution in [0.1, 0.15) is 18.9 Å². The number of guanidine groups is 1. The zero-order chi connectivity index (χ0) is 13.6. The molecule has 2 atom stereocenters. The monoisotopic (exact) mass is 258 g/mol. The SMILES string of the molecule is Cc1ccccc1N1C(N)=NCC12CC(C)N(C)C2. The van der Waals surface area contributed by atoms with Crippen LogP contribution < -0.4 is 10.6 Å². The number of likely N-dealkylation sites (tertiary alicyclic amines) is 1. The molecule has 1 saturated heterocycles. The molecule has 1 spiro atoms. The summed E-state index contributed by atoms with van der Waals surface area (Å²) < 4.78 is 0. The van der Waals surface area contributed by atoms with Crippen molar-refractivity contribution < 1.29 is 0 Å². The molecule has 0 radical (unpaired) electrons. The summed E-state index contributed by atoms with van der Waals surface area (Å²) in [6.45, 7) is 6.24. The Balaban J connectivity index is 2.03. The summed E-state index contributed by atoms with van der Waals surface area (Å²) in [5.41, 5.74) is 8.68. The number of hydrogen-bond acceptors (Lipinski definition) is 4. The lowest BCUT2D eigenvalue weighted by molar-refractivity contribution is 0.322. The second-order valence-electron chi connectivity index (χ2n) is 5.99. The van der Waals surface area contributed by atoms with Crippen LogP contribution in [0, 0.1) is 6.92 Å². The van der Waals surface area contributed by atoms with Crippen LogP contribution in [-0.4, -0.2) is 42.6 Å². The van der Waals surface area contributed by atoms with Crippen LogP contribution in [0.4, 0.5) is 5.69 Å². The summed E-state index contributed by atoms with van der Waals surface area (Å²) in [5, 5.41) is 0. The minimum atomic E-state index is 0.0460. The lowest BCUT2D eigenvalue weighted by Gasteiger charge is -2.36. The lowest BCUT2D eigenvalue weighted by Crippen LogP contribution is -2.53. The van der Waals surface area contributed by atoms with Gasteiger partial charge in [-0.15, -0.1) is 0 Å². The van der Waals surface area contributed by atoms with Crippen LogP contribution >= 0.6 is 0 Å². The highest BCUT2D eigenvalue weighted by Gasteiger charge is 2.49. The van der Waals surface area contributed by atoms with E-state index in [1.165, 1.54) is 11.3 Å². The maximum atomic E-state index is 6.18. The first-order chi connectivity index (χ1) is 9.03. The third-order valence-electron chi connectivity index (χ3n) is 4.57. The highest BCUT2D eigenvalue weighted by molar-refractivity contribution is 5.99. The molecule has 2 heterocycles. The first-order valence-corrected chi connectivity index (χ1v) is 6.89. The third kappa shape index (κ3) is 1.82. The molecule has 1 aromatic carbocycles. The van der Waals surface area contributed by atoms with Crippen molar-refractivity contribution in [3.8, 4) is 0 Å². The van der Waals surface area contributed by atoms with Gasteiger partial charge in [0.2, 0.25) is 0 Å². The predicted octanol–water partition coefficient (Wildman–Crippen LogP) is 1.59. The van der Waals surface area contributed by atoms with E-state index < -0.39 is 0 Å². The van der Waals surface area contributed by atoms with Gasteiger partial charge in [-0.2, -0.15) is 0 Å². The number of aliphatic imine (C=N–C) groups is 1. The van der Waals surface area contributed by atoms with Crippen molar-refractivity contribution in [2.45, 2.75) is 31.8 Å². The van der Waals surface area contributed by atoms with Crippen molar-refractivity contribution in [1.29, 1.82) is 0 Å². The van der Waals surface area contributed by atoms with Gasteiger partial charge in [-0.25, -0.2) is 0 Å². The Labute approximate surface area is 114 Å². The molecule has 2 N–H and O–H groups in total. The zero-order valence-electron chi connectivity index (χ0n) is 11.9. The minimum absolute atomic E-state index is 0.0460. The summed E-state index contributed by atoms with van der Waals surface area (Å²) in [4.78, 5) is 9.20. The van der Waals surface area contributed by atoms with Gasteiger partial charge in [-0.1, -0.05) is 18.2 Å². The topological polar surface area (TPSA) is 44.9 Å². The molecular formula is C15H22N4. The third-order valence-corrected chi connectivity index (χ3v) is 4.57. The fraction of sp³-hybridized carbons (Fsp3) is 0.533. The van der Waals surface area contributed by atoms with Crippen LogP contribution in [0.5, 0.6) is 0 Å². The Morgan fingerprint density at radius 3 is 2.74 bits per heavy atom. The van der Waals surface area contributed by atoms with Gasteiger partial charge in [-0.3, -0.25) is 4.99 Å². The van der Waals surface area contributed by atoms with Gasteiger partial charge in [0, 0.05) is 18.3 Å². The van der Waals surface area contributed by atoms with Gasteiger partial charge in [0.1, 0.15) is 0 Å². The largest absolute Gasteiger partial charge is 0.369 e. The van der Waals surface area contributed by atoms with Crippen LogP contribution in [0.15, 0.2) is 29.3 Å². The fourth-order valence-electron chi connectivity index (χ4n) is 3.47. The Morgan fingerprint density at radius 2 is 2.11 bits per heavy atom. The zero-order valence-corrected chi connectivity index (χ0v) is 11.9. The number of nitrogens with zero attached hydrogens (tertiary/aromatic N) is 3. The molecule has 0 aromatic heterocycles. The van der Waals surface area contributed by atoms with E-state index in [0.717, 1.165) is 19.5 Å². The maximum absolute atomic E-state index is 6.18.